The van der Waals surface area contributed by atoms with Crippen LogP contribution in [0.1, 0.15) is 110 Å². The van der Waals surface area contributed by atoms with Gasteiger partial charge in [0.05, 0.1) is 12.0 Å². The molecule has 5 nitrogen and oxygen atoms in total. The molecule has 0 spiro atoms. The molecule has 2 aromatic carbocycles. The van der Waals surface area contributed by atoms with Crippen LogP contribution in [0.5, 0.6) is 0 Å². The number of benzene rings is 2. The SMILES string of the molecule is O=C(c1ccc(-c2cc(C3CC3)c(C[C@@H]3CCN(C4CCC(O)CC4)C3=O)c(C3CC3)c2)cc1)N1CCC(C(F)(F)F)CC1. The second-order valence-corrected chi connectivity index (χ2v) is 14.1. The molecule has 0 unspecified atom stereocenters. The van der Waals surface area contributed by atoms with Crippen molar-refractivity contribution in [2.75, 3.05) is 19.6 Å². The van der Waals surface area contributed by atoms with Crippen LogP contribution in [0.25, 0.3) is 11.1 Å². The summed E-state index contributed by atoms with van der Waals surface area (Å²) < 4.78 is 39.2. The van der Waals surface area contributed by atoms with Gasteiger partial charge in [-0.25, -0.2) is 0 Å². The maximum absolute atomic E-state index is 13.6. The second kappa shape index (κ2) is 11.8. The molecular weight excluding hydrogens is 565 g/mol. The molecule has 2 heterocycles. The first-order valence-electron chi connectivity index (χ1n) is 16.8. The van der Waals surface area contributed by atoms with Crippen molar-refractivity contribution in [3.05, 3.63) is 58.7 Å². The van der Waals surface area contributed by atoms with E-state index in [1.54, 1.807) is 4.90 Å². The number of alkyl halides is 3. The lowest BCUT2D eigenvalue weighted by Crippen LogP contribution is -2.42. The number of amides is 2. The Morgan fingerprint density at radius 3 is 1.91 bits per heavy atom. The van der Waals surface area contributed by atoms with Crippen molar-refractivity contribution in [3.8, 4) is 11.1 Å². The molecular formula is C36H43F3N2O3. The predicted molar refractivity (Wildman–Crippen MR) is 162 cm³/mol. The summed E-state index contributed by atoms with van der Waals surface area (Å²) in [4.78, 5) is 30.4. The van der Waals surface area contributed by atoms with E-state index in [-0.39, 0.29) is 49.9 Å². The van der Waals surface area contributed by atoms with Crippen LogP contribution in [0.15, 0.2) is 36.4 Å². The highest BCUT2D eigenvalue weighted by Crippen LogP contribution is 2.50. The predicted octanol–water partition coefficient (Wildman–Crippen LogP) is 7.22. The molecule has 0 bridgehead atoms. The minimum Gasteiger partial charge on any atom is -0.393 e. The van der Waals surface area contributed by atoms with Gasteiger partial charge >= 0.3 is 6.18 Å². The third-order valence-corrected chi connectivity index (χ3v) is 11.0. The van der Waals surface area contributed by atoms with Gasteiger partial charge < -0.3 is 14.9 Å². The molecule has 5 aliphatic rings. The summed E-state index contributed by atoms with van der Waals surface area (Å²) in [7, 11) is 0. The van der Waals surface area contributed by atoms with Gasteiger partial charge in [0.15, 0.2) is 0 Å². The highest BCUT2D eigenvalue weighted by atomic mass is 19.4. The van der Waals surface area contributed by atoms with Gasteiger partial charge in [-0.15, -0.1) is 0 Å². The van der Waals surface area contributed by atoms with E-state index >= 15 is 0 Å². The zero-order valence-electron chi connectivity index (χ0n) is 25.3. The maximum Gasteiger partial charge on any atom is 0.391 e. The summed E-state index contributed by atoms with van der Waals surface area (Å²) in [5.41, 5.74) is 6.87. The van der Waals surface area contributed by atoms with Gasteiger partial charge in [-0.3, -0.25) is 9.59 Å². The third kappa shape index (κ3) is 6.16. The molecule has 44 heavy (non-hydrogen) atoms. The molecule has 0 radical (unpaired) electrons. The Balaban J connectivity index is 1.08. The third-order valence-electron chi connectivity index (χ3n) is 11.0. The molecule has 2 aromatic rings. The van der Waals surface area contributed by atoms with Crippen LogP contribution in [0.2, 0.25) is 0 Å². The number of carbonyl (C=O) groups is 2. The van der Waals surface area contributed by atoms with Gasteiger partial charge in [0, 0.05) is 37.2 Å². The van der Waals surface area contributed by atoms with E-state index in [9.17, 15) is 27.9 Å². The van der Waals surface area contributed by atoms with E-state index in [4.69, 9.17) is 0 Å². The van der Waals surface area contributed by atoms with Crippen molar-refractivity contribution >= 4 is 11.8 Å². The average molecular weight is 609 g/mol. The highest BCUT2D eigenvalue weighted by Gasteiger charge is 2.42. The smallest absolute Gasteiger partial charge is 0.391 e. The summed E-state index contributed by atoms with van der Waals surface area (Å²) in [5.74, 6) is -0.137. The Kier molecular flexibility index (Phi) is 8.00. The number of rotatable bonds is 7. The van der Waals surface area contributed by atoms with E-state index in [0.29, 0.717) is 23.3 Å². The number of halogens is 3. The molecule has 3 aliphatic carbocycles. The van der Waals surface area contributed by atoms with Gasteiger partial charge in [-0.2, -0.15) is 13.2 Å². The first-order valence-corrected chi connectivity index (χ1v) is 16.8. The summed E-state index contributed by atoms with van der Waals surface area (Å²) >= 11 is 0. The van der Waals surface area contributed by atoms with Crippen molar-refractivity contribution in [3.63, 3.8) is 0 Å². The summed E-state index contributed by atoms with van der Waals surface area (Å²) in [6.07, 6.45) is 5.28. The largest absolute Gasteiger partial charge is 0.393 e. The fourth-order valence-corrected chi connectivity index (χ4v) is 7.97. The molecule has 2 aliphatic heterocycles. The van der Waals surface area contributed by atoms with Gasteiger partial charge in [0.1, 0.15) is 0 Å². The molecule has 236 valence electrons. The van der Waals surface area contributed by atoms with Crippen molar-refractivity contribution in [1.29, 1.82) is 0 Å². The van der Waals surface area contributed by atoms with Gasteiger partial charge in [-0.05, 0) is 129 Å². The van der Waals surface area contributed by atoms with Crippen LogP contribution < -0.4 is 0 Å². The van der Waals surface area contributed by atoms with Crippen molar-refractivity contribution < 1.29 is 27.9 Å². The number of nitrogens with zero attached hydrogens (tertiary/aromatic N) is 2. The number of carbonyl (C=O) groups excluding carboxylic acids is 2. The van der Waals surface area contributed by atoms with Crippen molar-refractivity contribution in [1.82, 2.24) is 9.80 Å². The first-order chi connectivity index (χ1) is 21.2. The maximum atomic E-state index is 13.6. The summed E-state index contributed by atoms with van der Waals surface area (Å²) in [6, 6.07) is 12.5. The highest BCUT2D eigenvalue weighted by molar-refractivity contribution is 5.94. The quantitative estimate of drug-likeness (QED) is 0.361. The Morgan fingerprint density at radius 1 is 0.773 bits per heavy atom. The molecule has 8 heteroatoms. The summed E-state index contributed by atoms with van der Waals surface area (Å²) in [6.45, 7) is 1.09. The Labute approximate surface area is 257 Å². The molecule has 7 rings (SSSR count). The van der Waals surface area contributed by atoms with Crippen molar-refractivity contribution in [2.45, 2.75) is 107 Å². The number of likely N-dealkylation sites (tertiary alicyclic amines) is 2. The number of aliphatic hydroxyl groups is 1. The lowest BCUT2D eigenvalue weighted by atomic mass is 9.84. The van der Waals surface area contributed by atoms with E-state index in [2.05, 4.69) is 17.0 Å². The van der Waals surface area contributed by atoms with Crippen LogP contribution >= 0.6 is 0 Å². The van der Waals surface area contributed by atoms with Crippen LogP contribution in [0, 0.1) is 11.8 Å². The zero-order valence-corrected chi connectivity index (χ0v) is 25.3. The summed E-state index contributed by atoms with van der Waals surface area (Å²) in [5, 5.41) is 9.93. The van der Waals surface area contributed by atoms with Crippen LogP contribution in [-0.2, 0) is 11.2 Å². The van der Waals surface area contributed by atoms with Crippen LogP contribution in [0.4, 0.5) is 13.2 Å². The van der Waals surface area contributed by atoms with E-state index in [0.717, 1.165) is 56.2 Å². The van der Waals surface area contributed by atoms with E-state index in [1.165, 1.54) is 42.4 Å². The van der Waals surface area contributed by atoms with Gasteiger partial charge in [0.25, 0.3) is 5.91 Å². The zero-order chi connectivity index (χ0) is 30.6. The number of hydrogen-bond acceptors (Lipinski definition) is 3. The molecule has 1 atom stereocenters. The van der Waals surface area contributed by atoms with E-state index < -0.39 is 12.1 Å². The Morgan fingerprint density at radius 2 is 1.36 bits per heavy atom. The normalized spacial score (nSPS) is 26.8. The van der Waals surface area contributed by atoms with Gasteiger partial charge in [-0.1, -0.05) is 24.3 Å². The minimum atomic E-state index is -4.20. The van der Waals surface area contributed by atoms with Crippen LogP contribution in [-0.4, -0.2) is 64.7 Å². The molecule has 2 saturated heterocycles. The second-order valence-electron chi connectivity index (χ2n) is 14.1. The Bertz CT molecular complexity index is 1350. The lowest BCUT2D eigenvalue weighted by molar-refractivity contribution is -0.183. The molecule has 3 saturated carbocycles. The standard InChI is InChI=1S/C36H43F3N2O3/c37-36(38,39)28-14-16-40(17-15-28)34(43)25-7-1-22(2-8-25)27-20-31(23-3-4-23)33(32(21-27)24-5-6-24)19-26-13-18-41(35(26)44)29-9-11-30(42)12-10-29/h1-2,7-8,20-21,23-24,26,28-30,42H,3-6,9-19H2/t26-,29?,30?/m0/s1. The number of hydrogen-bond donors (Lipinski definition) is 1. The fraction of sp³-hybridized carbons (Fsp3) is 0.611. The Hall–Kier alpha value is -2.87. The monoisotopic (exact) mass is 608 g/mol. The van der Waals surface area contributed by atoms with Gasteiger partial charge in [0.2, 0.25) is 5.91 Å². The van der Waals surface area contributed by atoms with Crippen molar-refractivity contribution in [2.24, 2.45) is 11.8 Å². The molecule has 2 amide bonds. The molecule has 1 N–H and O–H groups in total. The molecule has 5 fully saturated rings. The topological polar surface area (TPSA) is 60.9 Å². The average Bonchev–Trinajstić information content (AvgIpc) is 3.96. The van der Waals surface area contributed by atoms with E-state index in [1.807, 2.05) is 24.3 Å². The fourth-order valence-electron chi connectivity index (χ4n) is 7.97. The minimum absolute atomic E-state index is 0.0224. The van der Waals surface area contributed by atoms with Crippen LogP contribution in [0.3, 0.4) is 0 Å². The lowest BCUT2D eigenvalue weighted by Gasteiger charge is -2.33. The first kappa shape index (κ1) is 29.8. The molecule has 0 aromatic heterocycles. The number of aliphatic hydroxyl groups excluding tert-OH is 1. The number of piperidine rings is 1.